The Bertz CT molecular complexity index is 1030. The molecule has 0 amide bonds. The summed E-state index contributed by atoms with van der Waals surface area (Å²) in [5, 5.41) is 83.7. The van der Waals surface area contributed by atoms with E-state index in [-0.39, 0.29) is 44.0 Å². The Morgan fingerprint density at radius 2 is 0.468 bits per heavy atom. The van der Waals surface area contributed by atoms with E-state index in [4.69, 9.17) is 17.5 Å². The first-order chi connectivity index (χ1) is 21.9. The summed E-state index contributed by atoms with van der Waals surface area (Å²) >= 11 is 0. The van der Waals surface area contributed by atoms with Crippen molar-refractivity contribution in [2.45, 2.75) is 107 Å². The Balaban J connectivity index is -0.000000719. The van der Waals surface area contributed by atoms with Gasteiger partial charge >= 0.3 is 0 Å². The molecule has 0 saturated carbocycles. The minimum atomic E-state index is -5.17. The highest BCUT2D eigenvalue weighted by Gasteiger charge is 2.59. The molecule has 0 unspecified atom stereocenters. The molecule has 0 heterocycles. The molecular formula is C32H56O12P2S. The molecule has 0 aromatic rings. The Hall–Kier alpha value is -2.95. The van der Waals surface area contributed by atoms with Crippen LogP contribution in [0, 0.1) is 0 Å². The van der Waals surface area contributed by atoms with E-state index in [9.17, 15) is 40.9 Å². The van der Waals surface area contributed by atoms with E-state index in [1.165, 1.54) is 48.6 Å². The zero-order valence-electron chi connectivity index (χ0n) is 28.8. The van der Waals surface area contributed by atoms with Gasteiger partial charge in [-0.15, -0.1) is 0 Å². The lowest BCUT2D eigenvalue weighted by Crippen LogP contribution is -2.07. The Labute approximate surface area is 282 Å². The minimum absolute atomic E-state index is 0.170. The van der Waals surface area contributed by atoms with Crippen LogP contribution >= 0.6 is 14.5 Å². The first-order valence-corrected chi connectivity index (χ1v) is 20.4. The standard InChI is InChI=1S/2C16H27O4P.H2O4S/c2*1-5-9-13(17)21(14(18)10-6-2,15(19)11-7-3)16(20)12-8-4;1-5(2,3)4/h2*9-12H,5-8H2,1-4H3,(H3-,17,18,19,20);(H2,1,2,3,4). The molecule has 12 nitrogen and oxygen atoms in total. The van der Waals surface area contributed by atoms with Crippen molar-refractivity contribution < 1.29 is 58.4 Å². The van der Waals surface area contributed by atoms with Gasteiger partial charge in [0, 0.05) is 10.4 Å². The molecular weight excluding hydrogens is 670 g/mol. The maximum Gasteiger partial charge on any atom is 0.290 e. The van der Waals surface area contributed by atoms with Crippen LogP contribution in [0.5, 0.6) is 0 Å². The molecule has 8 N–H and O–H groups in total. The van der Waals surface area contributed by atoms with E-state index in [0.29, 0.717) is 51.4 Å². The zero-order chi connectivity index (χ0) is 37.4. The summed E-state index contributed by atoms with van der Waals surface area (Å²) < 4.78 is 34.1. The van der Waals surface area contributed by atoms with Crippen molar-refractivity contribution in [3.05, 3.63) is 92.6 Å². The first kappa shape index (κ1) is 48.4. The number of allylic oxidation sites excluding steroid dienone is 8. The zero-order valence-corrected chi connectivity index (χ0v) is 31.4. The number of hydrogen-bond acceptors (Lipinski definition) is 12. The highest BCUT2D eigenvalue weighted by molar-refractivity contribution is 7.90. The largest absolute Gasteiger partial charge is 0.759 e. The van der Waals surface area contributed by atoms with Gasteiger partial charge in [0.1, 0.15) is 0 Å². The van der Waals surface area contributed by atoms with Crippen LogP contribution in [0.4, 0.5) is 0 Å². The molecule has 15 heteroatoms. The molecule has 0 aliphatic carbocycles. The fraction of sp³-hybridized carbons (Fsp3) is 0.500. The average Bonchev–Trinajstić information content (AvgIpc) is 2.94. The fourth-order valence-electron chi connectivity index (χ4n) is 3.96. The molecule has 0 saturated heterocycles. The predicted molar refractivity (Wildman–Crippen MR) is 192 cm³/mol. The lowest BCUT2D eigenvalue weighted by Gasteiger charge is -2.22. The van der Waals surface area contributed by atoms with Crippen molar-refractivity contribution >= 4 is 24.9 Å². The van der Waals surface area contributed by atoms with E-state index >= 15 is 0 Å². The van der Waals surface area contributed by atoms with Gasteiger partial charge in [0.15, 0.2) is 0 Å². The summed E-state index contributed by atoms with van der Waals surface area (Å²) in [5.74, 6) is 0. The van der Waals surface area contributed by atoms with E-state index in [2.05, 4.69) is 0 Å². The lowest BCUT2D eigenvalue weighted by atomic mass is 10.5. The maximum atomic E-state index is 10.5. The molecule has 0 atom stereocenters. The van der Waals surface area contributed by atoms with Crippen LogP contribution in [0.15, 0.2) is 92.6 Å². The number of hydrogen-bond donors (Lipinski definition) is 8. The molecule has 0 aromatic heterocycles. The first-order valence-electron chi connectivity index (χ1n) is 15.5. The summed E-state index contributed by atoms with van der Waals surface area (Å²) in [6, 6.07) is 0. The van der Waals surface area contributed by atoms with E-state index < -0.39 is 24.9 Å². The molecule has 0 aliphatic rings. The minimum Gasteiger partial charge on any atom is -0.759 e. The van der Waals surface area contributed by atoms with Gasteiger partial charge in [-0.2, -0.15) is 0 Å². The van der Waals surface area contributed by atoms with Crippen LogP contribution in [0.1, 0.15) is 107 Å². The van der Waals surface area contributed by atoms with Gasteiger partial charge in [-0.25, -0.2) is 0 Å². The summed E-state index contributed by atoms with van der Waals surface area (Å²) in [6.45, 7) is 14.7. The van der Waals surface area contributed by atoms with Crippen molar-refractivity contribution in [2.75, 3.05) is 0 Å². The topological polar surface area (TPSA) is 242 Å². The van der Waals surface area contributed by atoms with Gasteiger partial charge in [0.2, 0.25) is 0 Å². The monoisotopic (exact) mass is 726 g/mol. The number of aliphatic hydroxyl groups excluding tert-OH is 8. The van der Waals surface area contributed by atoms with Crippen molar-refractivity contribution in [3.8, 4) is 0 Å². The van der Waals surface area contributed by atoms with Gasteiger partial charge in [0.05, 0.1) is 0 Å². The van der Waals surface area contributed by atoms with Crippen LogP contribution in [-0.2, 0) is 10.4 Å². The second-order valence-corrected chi connectivity index (χ2v) is 16.7. The van der Waals surface area contributed by atoms with Crippen molar-refractivity contribution in [3.63, 3.8) is 0 Å². The smallest absolute Gasteiger partial charge is 0.290 e. The number of aliphatic hydroxyl groups is 8. The van der Waals surface area contributed by atoms with E-state index in [1.807, 2.05) is 55.4 Å². The summed E-state index contributed by atoms with van der Waals surface area (Å²) in [7, 11) is -11.7. The molecule has 0 rings (SSSR count). The quantitative estimate of drug-likeness (QED) is 0.0320. The molecule has 0 bridgehead atoms. The molecule has 272 valence electrons. The molecule has 0 aliphatic heterocycles. The Morgan fingerprint density at radius 3 is 0.532 bits per heavy atom. The Morgan fingerprint density at radius 1 is 0.383 bits per heavy atom. The van der Waals surface area contributed by atoms with Crippen molar-refractivity contribution in [2.24, 2.45) is 0 Å². The number of rotatable bonds is 16. The van der Waals surface area contributed by atoms with Crippen molar-refractivity contribution in [1.29, 1.82) is 0 Å². The van der Waals surface area contributed by atoms with Crippen LogP contribution < -0.4 is 0 Å². The second kappa shape index (κ2) is 25.1. The summed E-state index contributed by atoms with van der Waals surface area (Å²) in [6.07, 6.45) is 16.4. The molecule has 0 aromatic carbocycles. The second-order valence-electron chi connectivity index (χ2n) is 9.51. The maximum absolute atomic E-state index is 10.5. The molecule has 0 fully saturated rings. The summed E-state index contributed by atoms with van der Waals surface area (Å²) in [5.41, 5.74) is -1.36. The highest BCUT2D eigenvalue weighted by Crippen LogP contribution is 2.80. The Kier molecular flexibility index (Phi) is 25.9. The highest BCUT2D eigenvalue weighted by atomic mass is 32.3. The molecule has 0 spiro atoms. The van der Waals surface area contributed by atoms with E-state index in [1.54, 1.807) is 0 Å². The third-order valence-corrected chi connectivity index (χ3v) is 12.8. The van der Waals surface area contributed by atoms with Crippen LogP contribution in [0.25, 0.3) is 0 Å². The van der Waals surface area contributed by atoms with Gasteiger partial charge < -0.3 is 50.0 Å². The van der Waals surface area contributed by atoms with E-state index in [0.717, 1.165) is 0 Å². The fourth-order valence-corrected chi connectivity index (χ4v) is 10.4. The predicted octanol–water partition coefficient (Wildman–Crippen LogP) is 11.1. The third kappa shape index (κ3) is 15.2. The molecule has 47 heavy (non-hydrogen) atoms. The lowest BCUT2D eigenvalue weighted by molar-refractivity contribution is 0.352. The normalized spacial score (nSPS) is 17.1. The van der Waals surface area contributed by atoms with Gasteiger partial charge in [0.25, 0.3) is 58.5 Å². The SMILES string of the molecule is CCC=C(O)[P+](C(O)=CCC)(C(O)=CCC)C(O)=CCC.CCC=C(O)[P+](C(O)=CCC)(C(O)=CCC)C(O)=CCC.O=S(=O)([O-])[O-]. The van der Waals surface area contributed by atoms with Crippen LogP contribution in [0.3, 0.4) is 0 Å². The van der Waals surface area contributed by atoms with Gasteiger partial charge in [-0.05, 0) is 100.0 Å². The summed E-state index contributed by atoms with van der Waals surface area (Å²) in [4.78, 5) is 0. The van der Waals surface area contributed by atoms with Gasteiger partial charge in [-0.1, -0.05) is 55.4 Å². The van der Waals surface area contributed by atoms with Gasteiger partial charge in [-0.3, -0.25) is 8.42 Å². The van der Waals surface area contributed by atoms with Crippen LogP contribution in [-0.4, -0.2) is 58.4 Å². The van der Waals surface area contributed by atoms with Crippen molar-refractivity contribution in [1.82, 2.24) is 0 Å². The molecule has 0 radical (unpaired) electrons. The third-order valence-electron chi connectivity index (χ3n) is 5.84. The van der Waals surface area contributed by atoms with Crippen LogP contribution in [0.2, 0.25) is 0 Å². The average molecular weight is 727 g/mol.